The van der Waals surface area contributed by atoms with Crippen LogP contribution in [0.2, 0.25) is 0 Å². The van der Waals surface area contributed by atoms with Crippen LogP contribution in [0.3, 0.4) is 0 Å². The molecule has 2 aromatic carbocycles. The molecule has 0 saturated heterocycles. The predicted molar refractivity (Wildman–Crippen MR) is 109 cm³/mol. The normalized spacial score (nSPS) is 13.1. The highest BCUT2D eigenvalue weighted by Gasteiger charge is 2.25. The highest BCUT2D eigenvalue weighted by atomic mass is 16.5. The second kappa shape index (κ2) is 8.33. The monoisotopic (exact) mass is 382 g/mol. The van der Waals surface area contributed by atoms with Crippen LogP contribution in [0.4, 0.5) is 11.4 Å². The molecule has 0 aliphatic carbocycles. The number of hydrogen-bond donors (Lipinski definition) is 1. The number of nitrogens with zero attached hydrogens (tertiary/aromatic N) is 1. The Labute approximate surface area is 165 Å². The van der Waals surface area contributed by atoms with Crippen LogP contribution in [0.1, 0.15) is 36.2 Å². The summed E-state index contributed by atoms with van der Waals surface area (Å²) in [5.41, 5.74) is 3.08. The largest absolute Gasteiger partial charge is 0.493 e. The molecular weight excluding hydrogens is 356 g/mol. The molecule has 6 heteroatoms. The van der Waals surface area contributed by atoms with Gasteiger partial charge in [-0.2, -0.15) is 0 Å². The molecule has 0 fully saturated rings. The van der Waals surface area contributed by atoms with Gasteiger partial charge in [-0.3, -0.25) is 9.59 Å². The van der Waals surface area contributed by atoms with E-state index in [0.29, 0.717) is 22.7 Å². The molecule has 0 atom stereocenters. The minimum Gasteiger partial charge on any atom is -0.493 e. The molecule has 148 valence electrons. The summed E-state index contributed by atoms with van der Waals surface area (Å²) in [5, 5.41) is 2.92. The zero-order valence-corrected chi connectivity index (χ0v) is 16.7. The van der Waals surface area contributed by atoms with Crippen molar-refractivity contribution in [1.82, 2.24) is 0 Å². The average Bonchev–Trinajstić information content (AvgIpc) is 2.71. The second-order valence-electron chi connectivity index (χ2n) is 7.09. The summed E-state index contributed by atoms with van der Waals surface area (Å²) in [7, 11) is 3.04. The Morgan fingerprint density at radius 3 is 2.57 bits per heavy atom. The third-order valence-electron chi connectivity index (χ3n) is 4.86. The van der Waals surface area contributed by atoms with Gasteiger partial charge in [0.1, 0.15) is 0 Å². The number of carbonyl (C=O) groups excluding carboxylic acids is 2. The number of para-hydroxylation sites is 1. The molecule has 0 aromatic heterocycles. The number of hydrogen-bond acceptors (Lipinski definition) is 4. The molecule has 0 spiro atoms. The number of aryl methyl sites for hydroxylation is 1. The highest BCUT2D eigenvalue weighted by Crippen LogP contribution is 2.33. The summed E-state index contributed by atoms with van der Waals surface area (Å²) in [6.45, 7) is 4.55. The van der Waals surface area contributed by atoms with E-state index in [-0.39, 0.29) is 17.7 Å². The van der Waals surface area contributed by atoms with Gasteiger partial charge in [-0.05, 0) is 48.7 Å². The summed E-state index contributed by atoms with van der Waals surface area (Å²) in [6.07, 6.45) is 1.79. The Morgan fingerprint density at radius 2 is 1.89 bits per heavy atom. The van der Waals surface area contributed by atoms with Crippen LogP contribution < -0.4 is 19.7 Å². The maximum Gasteiger partial charge on any atom is 0.259 e. The lowest BCUT2D eigenvalue weighted by Gasteiger charge is -2.31. The highest BCUT2D eigenvalue weighted by molar-refractivity contribution is 6.07. The van der Waals surface area contributed by atoms with Crippen molar-refractivity contribution in [2.24, 2.45) is 5.92 Å². The number of benzene rings is 2. The van der Waals surface area contributed by atoms with Gasteiger partial charge in [-0.25, -0.2) is 0 Å². The van der Waals surface area contributed by atoms with Crippen LogP contribution in [-0.4, -0.2) is 32.6 Å². The van der Waals surface area contributed by atoms with Crippen molar-refractivity contribution in [2.75, 3.05) is 31.0 Å². The molecule has 0 unspecified atom stereocenters. The fourth-order valence-electron chi connectivity index (χ4n) is 3.48. The van der Waals surface area contributed by atoms with Gasteiger partial charge in [0.05, 0.1) is 19.8 Å². The summed E-state index contributed by atoms with van der Waals surface area (Å²) < 4.78 is 10.6. The molecule has 2 aromatic rings. The molecule has 0 bridgehead atoms. The van der Waals surface area contributed by atoms with E-state index in [1.165, 1.54) is 14.2 Å². The minimum atomic E-state index is -0.276. The van der Waals surface area contributed by atoms with E-state index in [9.17, 15) is 9.59 Å². The van der Waals surface area contributed by atoms with Crippen molar-refractivity contribution in [2.45, 2.75) is 26.7 Å². The van der Waals surface area contributed by atoms with Gasteiger partial charge >= 0.3 is 0 Å². The Kier molecular flexibility index (Phi) is 5.87. The maximum atomic E-state index is 12.8. The summed E-state index contributed by atoms with van der Waals surface area (Å²) in [4.78, 5) is 27.1. The molecule has 28 heavy (non-hydrogen) atoms. The van der Waals surface area contributed by atoms with Crippen molar-refractivity contribution in [3.63, 3.8) is 0 Å². The zero-order chi connectivity index (χ0) is 20.3. The van der Waals surface area contributed by atoms with Crippen molar-refractivity contribution in [3.05, 3.63) is 47.5 Å². The number of carbonyl (C=O) groups is 2. The Morgan fingerprint density at radius 1 is 1.11 bits per heavy atom. The van der Waals surface area contributed by atoms with Crippen LogP contribution in [0, 0.1) is 5.92 Å². The first-order valence-corrected chi connectivity index (χ1v) is 9.43. The summed E-state index contributed by atoms with van der Waals surface area (Å²) in [6, 6.07) is 10.9. The van der Waals surface area contributed by atoms with Crippen LogP contribution in [0.25, 0.3) is 0 Å². The fourth-order valence-corrected chi connectivity index (χ4v) is 3.48. The molecule has 1 aliphatic heterocycles. The Balaban J connectivity index is 1.85. The van der Waals surface area contributed by atoms with Crippen LogP contribution >= 0.6 is 0 Å². The molecule has 2 amide bonds. The maximum absolute atomic E-state index is 12.8. The lowest BCUT2D eigenvalue weighted by atomic mass is 9.99. The van der Waals surface area contributed by atoms with Crippen molar-refractivity contribution in [3.8, 4) is 11.5 Å². The van der Waals surface area contributed by atoms with Crippen LogP contribution in [-0.2, 0) is 11.2 Å². The third-order valence-corrected chi connectivity index (χ3v) is 4.86. The Bertz CT molecular complexity index is 892. The van der Waals surface area contributed by atoms with Crippen molar-refractivity contribution < 1.29 is 19.1 Å². The van der Waals surface area contributed by atoms with E-state index in [1.54, 1.807) is 18.2 Å². The van der Waals surface area contributed by atoms with E-state index < -0.39 is 0 Å². The molecule has 1 aliphatic rings. The van der Waals surface area contributed by atoms with Crippen molar-refractivity contribution >= 4 is 23.2 Å². The van der Waals surface area contributed by atoms with Gasteiger partial charge in [-0.15, -0.1) is 0 Å². The topological polar surface area (TPSA) is 67.9 Å². The standard InChI is InChI=1S/C22H26N2O4/c1-14(2)22(26)24-12-6-7-15-13-16(10-11-18(15)24)23-21(25)17-8-5-9-19(27-3)20(17)28-4/h5,8-11,13-14H,6-7,12H2,1-4H3,(H,23,25). The quantitative estimate of drug-likeness (QED) is 0.852. The first-order valence-electron chi connectivity index (χ1n) is 9.43. The number of amides is 2. The van der Waals surface area contributed by atoms with E-state index in [0.717, 1.165) is 30.6 Å². The minimum absolute atomic E-state index is 0.0501. The summed E-state index contributed by atoms with van der Waals surface area (Å²) >= 11 is 0. The molecular formula is C22H26N2O4. The number of nitrogens with one attached hydrogen (secondary N) is 1. The molecule has 0 radical (unpaired) electrons. The molecule has 0 saturated carbocycles. The average molecular weight is 382 g/mol. The smallest absolute Gasteiger partial charge is 0.259 e. The first kappa shape index (κ1) is 19.7. The lowest BCUT2D eigenvalue weighted by molar-refractivity contribution is -0.121. The number of fused-ring (bicyclic) bond motifs is 1. The summed E-state index contributed by atoms with van der Waals surface area (Å²) in [5.74, 6) is 0.698. The predicted octanol–water partition coefficient (Wildman–Crippen LogP) is 3.89. The van der Waals surface area contributed by atoms with Gasteiger partial charge in [0.2, 0.25) is 5.91 Å². The zero-order valence-electron chi connectivity index (χ0n) is 16.7. The van der Waals surface area contributed by atoms with Gasteiger partial charge < -0.3 is 19.7 Å². The number of methoxy groups -OCH3 is 2. The van der Waals surface area contributed by atoms with Gasteiger partial charge in [0, 0.05) is 23.8 Å². The third kappa shape index (κ3) is 3.81. The number of anilines is 2. The van der Waals surface area contributed by atoms with E-state index in [4.69, 9.17) is 9.47 Å². The molecule has 1 heterocycles. The van der Waals surface area contributed by atoms with Gasteiger partial charge in [-0.1, -0.05) is 19.9 Å². The van der Waals surface area contributed by atoms with Crippen LogP contribution in [0.5, 0.6) is 11.5 Å². The van der Waals surface area contributed by atoms with Crippen molar-refractivity contribution in [1.29, 1.82) is 0 Å². The molecule has 3 rings (SSSR count). The van der Waals surface area contributed by atoms with E-state index in [1.807, 2.05) is 36.9 Å². The van der Waals surface area contributed by atoms with Crippen LogP contribution in [0.15, 0.2) is 36.4 Å². The van der Waals surface area contributed by atoms with Gasteiger partial charge in [0.25, 0.3) is 5.91 Å². The molecule has 6 nitrogen and oxygen atoms in total. The second-order valence-corrected chi connectivity index (χ2v) is 7.09. The van der Waals surface area contributed by atoms with E-state index >= 15 is 0 Å². The fraction of sp³-hybridized carbons (Fsp3) is 0.364. The Hall–Kier alpha value is -3.02. The van der Waals surface area contributed by atoms with E-state index in [2.05, 4.69) is 5.32 Å². The SMILES string of the molecule is COc1cccc(C(=O)Nc2ccc3c(c2)CCCN3C(=O)C(C)C)c1OC. The molecule has 1 N–H and O–H groups in total. The number of rotatable bonds is 5. The lowest BCUT2D eigenvalue weighted by Crippen LogP contribution is -2.38. The van der Waals surface area contributed by atoms with Gasteiger partial charge in [0.15, 0.2) is 11.5 Å². The number of ether oxygens (including phenoxy) is 2. The first-order chi connectivity index (χ1) is 13.5.